The number of hydrazone groups is 1. The number of hydrogen-bond donors (Lipinski definition) is 2. The number of hydrogen-bond acceptors (Lipinski definition) is 3. The van der Waals surface area contributed by atoms with E-state index in [4.69, 9.17) is 0 Å². The van der Waals surface area contributed by atoms with Gasteiger partial charge in [0.05, 0.1) is 6.21 Å². The second-order valence-electron chi connectivity index (χ2n) is 5.62. The first kappa shape index (κ1) is 18.0. The minimum absolute atomic E-state index is 0.234. The number of rotatable bonds is 5. The SMILES string of the molecule is O=C(N/N=C\c1ccccc1F)c1ccc(NC(=O)c2ccccc2)cc1. The van der Waals surface area contributed by atoms with Crippen molar-refractivity contribution in [3.63, 3.8) is 0 Å². The fraction of sp³-hybridized carbons (Fsp3) is 0. The fourth-order valence-corrected chi connectivity index (χ4v) is 2.30. The summed E-state index contributed by atoms with van der Waals surface area (Å²) in [6, 6.07) is 21.3. The van der Waals surface area contributed by atoms with Crippen molar-refractivity contribution in [2.75, 3.05) is 5.32 Å². The van der Waals surface area contributed by atoms with Gasteiger partial charge in [-0.05, 0) is 42.5 Å². The molecule has 0 saturated heterocycles. The highest BCUT2D eigenvalue weighted by molar-refractivity contribution is 6.04. The summed E-state index contributed by atoms with van der Waals surface area (Å²) in [5.41, 5.74) is 4.08. The first-order chi connectivity index (χ1) is 13.1. The van der Waals surface area contributed by atoms with E-state index in [1.165, 1.54) is 12.3 Å². The van der Waals surface area contributed by atoms with Gasteiger partial charge in [0.1, 0.15) is 5.82 Å². The van der Waals surface area contributed by atoms with Gasteiger partial charge >= 0.3 is 0 Å². The van der Waals surface area contributed by atoms with E-state index < -0.39 is 11.7 Å². The molecule has 3 aromatic carbocycles. The minimum atomic E-state index is -0.441. The Kier molecular flexibility index (Phi) is 5.69. The van der Waals surface area contributed by atoms with Gasteiger partial charge in [-0.15, -0.1) is 0 Å². The molecule has 0 bridgehead atoms. The predicted molar refractivity (Wildman–Crippen MR) is 102 cm³/mol. The zero-order valence-electron chi connectivity index (χ0n) is 14.2. The van der Waals surface area contributed by atoms with Crippen molar-refractivity contribution in [2.24, 2.45) is 5.10 Å². The van der Waals surface area contributed by atoms with E-state index in [9.17, 15) is 14.0 Å². The van der Waals surface area contributed by atoms with Gasteiger partial charge in [-0.25, -0.2) is 9.82 Å². The fourth-order valence-electron chi connectivity index (χ4n) is 2.30. The Morgan fingerprint density at radius 1 is 0.778 bits per heavy atom. The van der Waals surface area contributed by atoms with Crippen LogP contribution in [0.1, 0.15) is 26.3 Å². The summed E-state index contributed by atoms with van der Waals surface area (Å²) in [6.07, 6.45) is 1.24. The molecule has 6 heteroatoms. The average Bonchev–Trinajstić information content (AvgIpc) is 2.70. The molecule has 0 spiro atoms. The van der Waals surface area contributed by atoms with E-state index in [0.29, 0.717) is 16.8 Å². The van der Waals surface area contributed by atoms with Crippen LogP contribution in [-0.2, 0) is 0 Å². The van der Waals surface area contributed by atoms with Gasteiger partial charge < -0.3 is 5.32 Å². The highest BCUT2D eigenvalue weighted by atomic mass is 19.1. The van der Waals surface area contributed by atoms with Crippen molar-refractivity contribution in [1.29, 1.82) is 0 Å². The van der Waals surface area contributed by atoms with Crippen molar-refractivity contribution in [3.8, 4) is 0 Å². The Balaban J connectivity index is 1.59. The molecule has 0 aliphatic carbocycles. The Hall–Kier alpha value is -3.80. The van der Waals surface area contributed by atoms with Crippen molar-refractivity contribution in [1.82, 2.24) is 5.43 Å². The maximum Gasteiger partial charge on any atom is 0.271 e. The molecular formula is C21H16FN3O2. The number of benzene rings is 3. The number of anilines is 1. The average molecular weight is 361 g/mol. The molecule has 134 valence electrons. The molecular weight excluding hydrogens is 345 g/mol. The highest BCUT2D eigenvalue weighted by Crippen LogP contribution is 2.11. The van der Waals surface area contributed by atoms with E-state index >= 15 is 0 Å². The Morgan fingerprint density at radius 2 is 1.41 bits per heavy atom. The maximum absolute atomic E-state index is 13.5. The molecule has 2 amide bonds. The molecule has 0 heterocycles. The summed E-state index contributed by atoms with van der Waals surface area (Å²) in [7, 11) is 0. The van der Waals surface area contributed by atoms with Gasteiger partial charge in [-0.3, -0.25) is 9.59 Å². The van der Waals surface area contributed by atoms with E-state index in [-0.39, 0.29) is 11.5 Å². The maximum atomic E-state index is 13.5. The van der Waals surface area contributed by atoms with Crippen LogP contribution in [0.15, 0.2) is 84.0 Å². The molecule has 0 unspecified atom stereocenters. The van der Waals surface area contributed by atoms with Gasteiger partial charge in [0, 0.05) is 22.4 Å². The van der Waals surface area contributed by atoms with Gasteiger partial charge in [0.2, 0.25) is 0 Å². The third kappa shape index (κ3) is 4.85. The Labute approximate surface area is 155 Å². The first-order valence-electron chi connectivity index (χ1n) is 8.18. The molecule has 0 atom stereocenters. The standard InChI is InChI=1S/C21H16FN3O2/c22-19-9-5-4-8-17(19)14-23-25-21(27)16-10-12-18(13-11-16)24-20(26)15-6-2-1-3-7-15/h1-14H,(H,24,26)(H,25,27)/b23-14-. The van der Waals surface area contributed by atoms with Gasteiger partial charge in [0.15, 0.2) is 0 Å². The summed E-state index contributed by atoms with van der Waals surface area (Å²) in [6.45, 7) is 0. The largest absolute Gasteiger partial charge is 0.322 e. The number of nitrogens with one attached hydrogen (secondary N) is 2. The van der Waals surface area contributed by atoms with Crippen LogP contribution < -0.4 is 10.7 Å². The summed E-state index contributed by atoms with van der Waals surface area (Å²) < 4.78 is 13.5. The molecule has 2 N–H and O–H groups in total. The van der Waals surface area contributed by atoms with Crippen LogP contribution >= 0.6 is 0 Å². The van der Waals surface area contributed by atoms with Crippen molar-refractivity contribution in [2.45, 2.75) is 0 Å². The zero-order chi connectivity index (χ0) is 19.1. The zero-order valence-corrected chi connectivity index (χ0v) is 14.2. The second kappa shape index (κ2) is 8.53. The third-order valence-corrected chi connectivity index (χ3v) is 3.72. The molecule has 0 aromatic heterocycles. The van der Waals surface area contributed by atoms with Crippen LogP contribution in [0.3, 0.4) is 0 Å². The van der Waals surface area contributed by atoms with E-state index in [0.717, 1.165) is 0 Å². The summed E-state index contributed by atoms with van der Waals surface area (Å²) >= 11 is 0. The predicted octanol–water partition coefficient (Wildman–Crippen LogP) is 3.84. The van der Waals surface area contributed by atoms with Crippen LogP contribution in [0, 0.1) is 5.82 Å². The van der Waals surface area contributed by atoms with Gasteiger partial charge in [0.25, 0.3) is 11.8 Å². The van der Waals surface area contributed by atoms with Crippen LogP contribution in [0.5, 0.6) is 0 Å². The lowest BCUT2D eigenvalue weighted by Gasteiger charge is -2.06. The molecule has 27 heavy (non-hydrogen) atoms. The van der Waals surface area contributed by atoms with Crippen molar-refractivity contribution < 1.29 is 14.0 Å². The molecule has 0 fully saturated rings. The monoisotopic (exact) mass is 361 g/mol. The summed E-state index contributed by atoms with van der Waals surface area (Å²) in [5, 5.41) is 6.51. The Morgan fingerprint density at radius 3 is 2.11 bits per heavy atom. The van der Waals surface area contributed by atoms with Crippen LogP contribution in [0.25, 0.3) is 0 Å². The number of nitrogens with zero attached hydrogens (tertiary/aromatic N) is 1. The normalized spacial score (nSPS) is 10.6. The van der Waals surface area contributed by atoms with E-state index in [2.05, 4.69) is 15.8 Å². The molecule has 0 radical (unpaired) electrons. The lowest BCUT2D eigenvalue weighted by atomic mass is 10.1. The van der Waals surface area contributed by atoms with Gasteiger partial charge in [-0.1, -0.05) is 36.4 Å². The lowest BCUT2D eigenvalue weighted by Crippen LogP contribution is -2.18. The van der Waals surface area contributed by atoms with E-state index in [1.807, 2.05) is 6.07 Å². The van der Waals surface area contributed by atoms with Gasteiger partial charge in [-0.2, -0.15) is 5.10 Å². The number of carbonyl (C=O) groups is 2. The summed E-state index contributed by atoms with van der Waals surface area (Å²) in [5.74, 6) is -1.10. The molecule has 0 aliphatic heterocycles. The minimum Gasteiger partial charge on any atom is -0.322 e. The van der Waals surface area contributed by atoms with Crippen LogP contribution in [0.2, 0.25) is 0 Å². The third-order valence-electron chi connectivity index (χ3n) is 3.72. The molecule has 3 rings (SSSR count). The number of halogens is 1. The molecule has 3 aromatic rings. The highest BCUT2D eigenvalue weighted by Gasteiger charge is 2.07. The smallest absolute Gasteiger partial charge is 0.271 e. The summed E-state index contributed by atoms with van der Waals surface area (Å²) in [4.78, 5) is 24.2. The molecule has 0 aliphatic rings. The quantitative estimate of drug-likeness (QED) is 0.535. The van der Waals surface area contributed by atoms with Crippen molar-refractivity contribution >= 4 is 23.7 Å². The number of carbonyl (C=O) groups excluding carboxylic acids is 2. The van der Waals surface area contributed by atoms with E-state index in [1.54, 1.807) is 66.7 Å². The van der Waals surface area contributed by atoms with Crippen molar-refractivity contribution in [3.05, 3.63) is 101 Å². The van der Waals surface area contributed by atoms with Crippen LogP contribution in [-0.4, -0.2) is 18.0 Å². The lowest BCUT2D eigenvalue weighted by molar-refractivity contribution is 0.0954. The van der Waals surface area contributed by atoms with Crippen LogP contribution in [0.4, 0.5) is 10.1 Å². The molecule has 0 saturated carbocycles. The number of amides is 2. The topological polar surface area (TPSA) is 70.6 Å². The first-order valence-corrected chi connectivity index (χ1v) is 8.18. The second-order valence-corrected chi connectivity index (χ2v) is 5.62. The Bertz CT molecular complexity index is 970. The molecule has 5 nitrogen and oxygen atoms in total.